The Bertz CT molecular complexity index is 1350. The average molecular weight is 534 g/mol. The van der Waals surface area contributed by atoms with Crippen LogP contribution in [0.4, 0.5) is 13.2 Å². The van der Waals surface area contributed by atoms with E-state index in [0.717, 1.165) is 12.5 Å². The van der Waals surface area contributed by atoms with E-state index in [1.165, 1.54) is 19.2 Å². The Balaban J connectivity index is 1.72. The van der Waals surface area contributed by atoms with E-state index < -0.39 is 23.8 Å². The van der Waals surface area contributed by atoms with Crippen LogP contribution in [0.25, 0.3) is 22.4 Å². The van der Waals surface area contributed by atoms with Gasteiger partial charge in [0.1, 0.15) is 17.0 Å². The van der Waals surface area contributed by atoms with E-state index in [0.29, 0.717) is 30.5 Å². The molecule has 204 valence electrons. The quantitative estimate of drug-likeness (QED) is 0.484. The van der Waals surface area contributed by atoms with E-state index in [1.54, 1.807) is 31.7 Å². The van der Waals surface area contributed by atoms with Crippen LogP contribution in [0.5, 0.6) is 5.75 Å². The molecular formula is C26H30F3N5O4. The first kappa shape index (κ1) is 27.4. The number of amides is 2. The number of alkyl halides is 3. The summed E-state index contributed by atoms with van der Waals surface area (Å²) in [6.07, 6.45) is -3.19. The number of oxazole rings is 1. The maximum absolute atomic E-state index is 13.5. The van der Waals surface area contributed by atoms with Gasteiger partial charge in [0.15, 0.2) is 11.5 Å². The van der Waals surface area contributed by atoms with Gasteiger partial charge in [-0.3, -0.25) is 9.59 Å². The third kappa shape index (κ3) is 5.45. The van der Waals surface area contributed by atoms with Crippen molar-refractivity contribution in [1.29, 1.82) is 0 Å². The topological polar surface area (TPSA) is 124 Å². The number of piperidine rings is 1. The number of carbonyl (C=O) groups is 2. The number of hydrogen-bond donors (Lipinski definition) is 2. The van der Waals surface area contributed by atoms with Gasteiger partial charge in [-0.2, -0.15) is 13.2 Å². The van der Waals surface area contributed by atoms with Crippen LogP contribution in [-0.2, 0) is 11.0 Å². The molecule has 2 amide bonds. The van der Waals surface area contributed by atoms with Crippen LogP contribution >= 0.6 is 0 Å². The normalized spacial score (nSPS) is 17.1. The van der Waals surface area contributed by atoms with Gasteiger partial charge in [-0.15, -0.1) is 0 Å². The van der Waals surface area contributed by atoms with Crippen molar-refractivity contribution in [2.75, 3.05) is 20.2 Å². The third-order valence-electron chi connectivity index (χ3n) is 6.41. The number of hydrogen-bond acceptors (Lipinski definition) is 7. The second-order valence-electron chi connectivity index (χ2n) is 9.68. The number of pyridine rings is 1. The number of likely N-dealkylation sites (tertiary alicyclic amines) is 1. The predicted molar refractivity (Wildman–Crippen MR) is 133 cm³/mol. The van der Waals surface area contributed by atoms with Gasteiger partial charge in [0.05, 0.1) is 13.2 Å². The minimum absolute atomic E-state index is 0.0204. The standard InChI is InChI=1S/C26H30F3N5O4/c1-13(2)23(35)31-15-6-5-11-34(12-15)25(36)21-22(14(3)30)38-24(33-21)17-7-9-18(37-4)20-16(17)8-10-19(32-20)26(27,28)29/h7-10,13-15H,5-6,11-12,30H2,1-4H3,(H,31,35)/t14-,15+/m0/s1. The molecule has 1 fully saturated rings. The molecule has 0 spiro atoms. The van der Waals surface area contributed by atoms with Crippen molar-refractivity contribution in [3.05, 3.63) is 41.4 Å². The zero-order valence-corrected chi connectivity index (χ0v) is 21.6. The molecule has 0 unspecified atom stereocenters. The Labute approximate surface area is 217 Å². The maximum Gasteiger partial charge on any atom is 0.433 e. The monoisotopic (exact) mass is 533 g/mol. The summed E-state index contributed by atoms with van der Waals surface area (Å²) in [6, 6.07) is 4.32. The van der Waals surface area contributed by atoms with Crippen LogP contribution in [0.15, 0.2) is 28.7 Å². The lowest BCUT2D eigenvalue weighted by Crippen LogP contribution is -2.50. The second kappa shape index (κ2) is 10.6. The van der Waals surface area contributed by atoms with E-state index in [-0.39, 0.29) is 46.5 Å². The SMILES string of the molecule is COc1ccc(-c2nc(C(=O)N3CCC[C@@H](NC(=O)C(C)C)C3)c([C@H](C)N)o2)c2ccc(C(F)(F)F)nc12. The molecular weight excluding hydrogens is 503 g/mol. The van der Waals surface area contributed by atoms with Crippen molar-refractivity contribution in [1.82, 2.24) is 20.2 Å². The van der Waals surface area contributed by atoms with Crippen molar-refractivity contribution >= 4 is 22.7 Å². The average Bonchev–Trinajstić information content (AvgIpc) is 3.32. The van der Waals surface area contributed by atoms with Crippen molar-refractivity contribution in [2.45, 2.75) is 51.9 Å². The van der Waals surface area contributed by atoms with E-state index in [2.05, 4.69) is 15.3 Å². The Kier molecular flexibility index (Phi) is 7.63. The van der Waals surface area contributed by atoms with Crippen molar-refractivity contribution < 1.29 is 31.9 Å². The number of benzene rings is 1. The summed E-state index contributed by atoms with van der Waals surface area (Å²) in [7, 11) is 1.34. The van der Waals surface area contributed by atoms with Crippen LogP contribution in [-0.4, -0.2) is 52.9 Å². The molecule has 0 bridgehead atoms. The Morgan fingerprint density at radius 3 is 2.55 bits per heavy atom. The minimum Gasteiger partial charge on any atom is -0.494 e. The van der Waals surface area contributed by atoms with E-state index in [9.17, 15) is 22.8 Å². The van der Waals surface area contributed by atoms with Crippen LogP contribution in [0.3, 0.4) is 0 Å². The number of aromatic nitrogens is 2. The first-order valence-electron chi connectivity index (χ1n) is 12.3. The Morgan fingerprint density at radius 2 is 1.92 bits per heavy atom. The minimum atomic E-state index is -4.64. The first-order chi connectivity index (χ1) is 17.9. The highest BCUT2D eigenvalue weighted by molar-refractivity contribution is 5.98. The zero-order valence-electron chi connectivity index (χ0n) is 21.6. The molecule has 3 aromatic rings. The zero-order chi connectivity index (χ0) is 27.8. The molecule has 12 heteroatoms. The number of carbonyl (C=O) groups excluding carboxylic acids is 2. The Morgan fingerprint density at radius 1 is 1.18 bits per heavy atom. The number of nitrogens with zero attached hydrogens (tertiary/aromatic N) is 3. The van der Waals surface area contributed by atoms with Crippen molar-refractivity contribution in [3.8, 4) is 17.2 Å². The molecule has 1 saturated heterocycles. The predicted octanol–water partition coefficient (Wildman–Crippen LogP) is 4.31. The molecule has 3 N–H and O–H groups in total. The van der Waals surface area contributed by atoms with Gasteiger partial charge in [-0.05, 0) is 44.0 Å². The fourth-order valence-electron chi connectivity index (χ4n) is 4.41. The van der Waals surface area contributed by atoms with Gasteiger partial charge in [0.2, 0.25) is 11.8 Å². The lowest BCUT2D eigenvalue weighted by molar-refractivity contribution is -0.141. The molecule has 3 heterocycles. The highest BCUT2D eigenvalue weighted by Crippen LogP contribution is 2.37. The number of fused-ring (bicyclic) bond motifs is 1. The molecule has 9 nitrogen and oxygen atoms in total. The first-order valence-corrected chi connectivity index (χ1v) is 12.3. The van der Waals surface area contributed by atoms with Gasteiger partial charge in [-0.1, -0.05) is 13.8 Å². The van der Waals surface area contributed by atoms with E-state index >= 15 is 0 Å². The van der Waals surface area contributed by atoms with Crippen molar-refractivity contribution in [3.63, 3.8) is 0 Å². The van der Waals surface area contributed by atoms with E-state index in [4.69, 9.17) is 14.9 Å². The molecule has 4 rings (SSSR count). The van der Waals surface area contributed by atoms with Crippen LogP contribution < -0.4 is 15.8 Å². The molecule has 0 aliphatic carbocycles. The smallest absolute Gasteiger partial charge is 0.433 e. The van der Waals surface area contributed by atoms with Crippen LogP contribution in [0, 0.1) is 5.92 Å². The summed E-state index contributed by atoms with van der Waals surface area (Å²) in [4.78, 5) is 35.5. The highest BCUT2D eigenvalue weighted by Gasteiger charge is 2.34. The maximum atomic E-state index is 13.5. The molecule has 1 aromatic carbocycles. The van der Waals surface area contributed by atoms with E-state index in [1.807, 2.05) is 0 Å². The van der Waals surface area contributed by atoms with Gasteiger partial charge >= 0.3 is 6.18 Å². The number of methoxy groups -OCH3 is 1. The summed E-state index contributed by atoms with van der Waals surface area (Å²) in [5.41, 5.74) is 5.38. The van der Waals surface area contributed by atoms with Crippen LogP contribution in [0.2, 0.25) is 0 Å². The fourth-order valence-corrected chi connectivity index (χ4v) is 4.41. The number of rotatable bonds is 6. The number of nitrogens with two attached hydrogens (primary N) is 1. The number of ether oxygens (including phenoxy) is 1. The summed E-state index contributed by atoms with van der Waals surface area (Å²) < 4.78 is 51.1. The number of halogens is 3. The highest BCUT2D eigenvalue weighted by atomic mass is 19.4. The molecule has 0 radical (unpaired) electrons. The molecule has 38 heavy (non-hydrogen) atoms. The largest absolute Gasteiger partial charge is 0.494 e. The second-order valence-corrected chi connectivity index (χ2v) is 9.68. The molecule has 1 aliphatic heterocycles. The summed E-state index contributed by atoms with van der Waals surface area (Å²) in [5.74, 6) is -0.333. The van der Waals surface area contributed by atoms with Gasteiger partial charge in [0, 0.05) is 36.0 Å². The lowest BCUT2D eigenvalue weighted by atomic mass is 10.0. The summed E-state index contributed by atoms with van der Waals surface area (Å²) in [5, 5.41) is 3.28. The summed E-state index contributed by atoms with van der Waals surface area (Å²) in [6.45, 7) is 6.03. The number of nitrogens with one attached hydrogen (secondary N) is 1. The van der Waals surface area contributed by atoms with Gasteiger partial charge in [-0.25, -0.2) is 9.97 Å². The molecule has 2 aromatic heterocycles. The third-order valence-corrected chi connectivity index (χ3v) is 6.41. The Hall–Kier alpha value is -3.67. The van der Waals surface area contributed by atoms with Gasteiger partial charge in [0.25, 0.3) is 5.91 Å². The molecule has 2 atom stereocenters. The van der Waals surface area contributed by atoms with Gasteiger partial charge < -0.3 is 25.1 Å². The van der Waals surface area contributed by atoms with Crippen LogP contribution in [0.1, 0.15) is 61.6 Å². The fraction of sp³-hybridized carbons (Fsp3) is 0.462. The molecule has 1 aliphatic rings. The lowest BCUT2D eigenvalue weighted by Gasteiger charge is -2.33. The molecule has 0 saturated carbocycles. The summed E-state index contributed by atoms with van der Waals surface area (Å²) >= 11 is 0. The van der Waals surface area contributed by atoms with Crippen molar-refractivity contribution in [2.24, 2.45) is 11.7 Å².